The van der Waals surface area contributed by atoms with E-state index in [1.165, 1.54) is 32.1 Å². The maximum absolute atomic E-state index is 5.47. The molecule has 5 heteroatoms. The van der Waals surface area contributed by atoms with Gasteiger partial charge in [0.15, 0.2) is 0 Å². The van der Waals surface area contributed by atoms with Gasteiger partial charge in [0.25, 0.3) is 0 Å². The SMILES string of the molecule is CO[Si](OC)OCC(C)=NC1CCCCC1. The van der Waals surface area contributed by atoms with Crippen molar-refractivity contribution in [3.8, 4) is 0 Å². The van der Waals surface area contributed by atoms with Gasteiger partial charge in [-0.1, -0.05) is 19.3 Å². The van der Waals surface area contributed by atoms with E-state index in [9.17, 15) is 0 Å². The first-order valence-electron chi connectivity index (χ1n) is 5.87. The molecule has 0 heterocycles. The van der Waals surface area contributed by atoms with Crippen LogP contribution in [0.3, 0.4) is 0 Å². The van der Waals surface area contributed by atoms with Gasteiger partial charge in [-0.15, -0.1) is 0 Å². The molecule has 1 rings (SSSR count). The van der Waals surface area contributed by atoms with Gasteiger partial charge in [-0.3, -0.25) is 4.99 Å². The van der Waals surface area contributed by atoms with Crippen LogP contribution in [-0.2, 0) is 13.3 Å². The Morgan fingerprint density at radius 1 is 1.19 bits per heavy atom. The van der Waals surface area contributed by atoms with Crippen LogP contribution in [0.1, 0.15) is 39.0 Å². The smallest absolute Gasteiger partial charge is 0.375 e. The number of nitrogens with zero attached hydrogens (tertiary/aromatic N) is 1. The maximum atomic E-state index is 5.47. The van der Waals surface area contributed by atoms with Gasteiger partial charge >= 0.3 is 9.53 Å². The highest BCUT2D eigenvalue weighted by Gasteiger charge is 2.16. The predicted octanol–water partition coefficient (Wildman–Crippen LogP) is 2.07. The second kappa shape index (κ2) is 7.95. The summed E-state index contributed by atoms with van der Waals surface area (Å²) in [7, 11) is 1.67. The molecule has 0 aromatic heterocycles. The lowest BCUT2D eigenvalue weighted by molar-refractivity contribution is 0.152. The summed E-state index contributed by atoms with van der Waals surface area (Å²) < 4.78 is 15.6. The van der Waals surface area contributed by atoms with Crippen molar-refractivity contribution in [3.05, 3.63) is 0 Å². The van der Waals surface area contributed by atoms with Crippen LogP contribution in [0, 0.1) is 0 Å². The number of hydrogen-bond donors (Lipinski definition) is 0. The van der Waals surface area contributed by atoms with Crippen LogP contribution in [0.2, 0.25) is 0 Å². The summed E-state index contributed by atoms with van der Waals surface area (Å²) in [5, 5.41) is 0. The molecule has 0 bridgehead atoms. The highest BCUT2D eigenvalue weighted by atomic mass is 28.3. The average Bonchev–Trinajstić information content (AvgIpc) is 2.31. The quantitative estimate of drug-likeness (QED) is 0.530. The molecule has 93 valence electrons. The monoisotopic (exact) mass is 244 g/mol. The molecule has 0 aliphatic heterocycles. The molecule has 16 heavy (non-hydrogen) atoms. The molecular formula is C11H22NO3Si. The lowest BCUT2D eigenvalue weighted by Crippen LogP contribution is -2.27. The van der Waals surface area contributed by atoms with Gasteiger partial charge in [0.1, 0.15) is 0 Å². The third kappa shape index (κ3) is 5.20. The van der Waals surface area contributed by atoms with Crippen LogP contribution < -0.4 is 0 Å². The second-order valence-corrected chi connectivity index (χ2v) is 5.71. The molecule has 4 nitrogen and oxygen atoms in total. The third-order valence-electron chi connectivity index (χ3n) is 2.71. The van der Waals surface area contributed by atoms with Crippen LogP contribution in [0.5, 0.6) is 0 Å². The van der Waals surface area contributed by atoms with Gasteiger partial charge < -0.3 is 13.3 Å². The summed E-state index contributed by atoms with van der Waals surface area (Å²) in [5.41, 5.74) is 1.04. The minimum absolute atomic E-state index is 0.512. The van der Waals surface area contributed by atoms with Crippen LogP contribution >= 0.6 is 0 Å². The largest absolute Gasteiger partial charge is 0.577 e. The molecule has 0 atom stereocenters. The second-order valence-electron chi connectivity index (χ2n) is 4.10. The fourth-order valence-corrected chi connectivity index (χ4v) is 2.65. The fraction of sp³-hybridized carbons (Fsp3) is 0.909. The Kier molecular flexibility index (Phi) is 6.87. The van der Waals surface area contributed by atoms with Crippen LogP contribution in [0.25, 0.3) is 0 Å². The third-order valence-corrected chi connectivity index (χ3v) is 3.76. The van der Waals surface area contributed by atoms with Crippen LogP contribution in [-0.4, -0.2) is 42.1 Å². The normalized spacial score (nSPS) is 19.4. The molecule has 0 saturated heterocycles. The average molecular weight is 244 g/mol. The highest BCUT2D eigenvalue weighted by molar-refractivity contribution is 6.36. The summed E-state index contributed by atoms with van der Waals surface area (Å²) >= 11 is 0. The van der Waals surface area contributed by atoms with E-state index in [2.05, 4.69) is 4.99 Å². The topological polar surface area (TPSA) is 40.0 Å². The molecule has 1 fully saturated rings. The zero-order valence-electron chi connectivity index (χ0n) is 10.5. The zero-order valence-corrected chi connectivity index (χ0v) is 11.5. The van der Waals surface area contributed by atoms with E-state index in [4.69, 9.17) is 13.3 Å². The van der Waals surface area contributed by atoms with E-state index in [1.54, 1.807) is 14.2 Å². The first kappa shape index (κ1) is 13.8. The van der Waals surface area contributed by atoms with Crippen LogP contribution in [0.4, 0.5) is 0 Å². The van der Waals surface area contributed by atoms with Crippen LogP contribution in [0.15, 0.2) is 4.99 Å². The van der Waals surface area contributed by atoms with Crippen molar-refractivity contribution in [2.45, 2.75) is 45.1 Å². The predicted molar refractivity (Wildman–Crippen MR) is 65.7 cm³/mol. The van der Waals surface area contributed by atoms with Crippen molar-refractivity contribution in [1.82, 2.24) is 0 Å². The van der Waals surface area contributed by atoms with E-state index in [1.807, 2.05) is 6.92 Å². The highest BCUT2D eigenvalue weighted by Crippen LogP contribution is 2.20. The molecule has 0 aromatic carbocycles. The molecule has 1 aliphatic rings. The van der Waals surface area contributed by atoms with Gasteiger partial charge in [-0.2, -0.15) is 0 Å². The fourth-order valence-electron chi connectivity index (χ4n) is 1.92. The molecule has 1 saturated carbocycles. The molecule has 0 unspecified atom stereocenters. The van der Waals surface area contributed by atoms with Crippen molar-refractivity contribution in [3.63, 3.8) is 0 Å². The summed E-state index contributed by atoms with van der Waals surface area (Å²) in [6, 6.07) is 0.512. The van der Waals surface area contributed by atoms with Crippen molar-refractivity contribution < 1.29 is 13.3 Å². The molecule has 1 aliphatic carbocycles. The summed E-state index contributed by atoms with van der Waals surface area (Å²) in [6.45, 7) is 2.53. The number of aliphatic imine (C=N–C) groups is 1. The summed E-state index contributed by atoms with van der Waals surface area (Å²) in [5.74, 6) is 0. The Morgan fingerprint density at radius 3 is 2.38 bits per heavy atom. The Labute approximate surface area is 100.0 Å². The Bertz CT molecular complexity index is 213. The lowest BCUT2D eigenvalue weighted by atomic mass is 9.96. The molecule has 1 radical (unpaired) electrons. The zero-order chi connectivity index (χ0) is 11.8. The standard InChI is InChI=1S/C11H22NO3Si/c1-10(9-15-16(13-2)14-3)12-11-7-5-4-6-8-11/h11H,4-9H2,1-3H3. The molecule has 0 spiro atoms. The van der Waals surface area contributed by atoms with Crippen molar-refractivity contribution in [2.24, 2.45) is 4.99 Å². The summed E-state index contributed by atoms with van der Waals surface area (Å²) in [4.78, 5) is 4.67. The molecular weight excluding hydrogens is 222 g/mol. The van der Waals surface area contributed by atoms with Gasteiger partial charge in [0.2, 0.25) is 0 Å². The van der Waals surface area contributed by atoms with Gasteiger partial charge in [-0.05, 0) is 19.8 Å². The van der Waals surface area contributed by atoms with Crippen molar-refractivity contribution in [1.29, 1.82) is 0 Å². The molecule has 0 amide bonds. The Morgan fingerprint density at radius 2 is 1.81 bits per heavy atom. The van der Waals surface area contributed by atoms with E-state index < -0.39 is 9.53 Å². The van der Waals surface area contributed by atoms with E-state index in [0.29, 0.717) is 12.6 Å². The van der Waals surface area contributed by atoms with Gasteiger partial charge in [0.05, 0.1) is 6.61 Å². The van der Waals surface area contributed by atoms with Gasteiger partial charge in [-0.25, -0.2) is 0 Å². The summed E-state index contributed by atoms with van der Waals surface area (Å²) in [6.07, 6.45) is 6.44. The van der Waals surface area contributed by atoms with E-state index in [0.717, 1.165) is 5.71 Å². The lowest BCUT2D eigenvalue weighted by Gasteiger charge is -2.18. The molecule has 0 N–H and O–H groups in total. The first-order chi connectivity index (χ1) is 7.76. The minimum Gasteiger partial charge on any atom is -0.375 e. The first-order valence-corrected chi connectivity index (χ1v) is 7.09. The molecule has 0 aromatic rings. The van der Waals surface area contributed by atoms with Crippen molar-refractivity contribution in [2.75, 3.05) is 20.8 Å². The Hall–Kier alpha value is -0.233. The number of rotatable bonds is 6. The van der Waals surface area contributed by atoms with Crippen molar-refractivity contribution >= 4 is 15.2 Å². The van der Waals surface area contributed by atoms with E-state index >= 15 is 0 Å². The maximum Gasteiger partial charge on any atom is 0.577 e. The van der Waals surface area contributed by atoms with Gasteiger partial charge in [0, 0.05) is 26.0 Å². The minimum atomic E-state index is -1.54. The van der Waals surface area contributed by atoms with E-state index in [-0.39, 0.29) is 0 Å². The number of hydrogen-bond acceptors (Lipinski definition) is 4. The Balaban J connectivity index is 2.26.